The molecule has 0 unspecified atom stereocenters. The van der Waals surface area contributed by atoms with Crippen LogP contribution in [0.2, 0.25) is 0 Å². The molecule has 0 atom stereocenters. The number of carbonyl (C=O) groups excluding carboxylic acids is 1. The molecule has 0 bridgehead atoms. The summed E-state index contributed by atoms with van der Waals surface area (Å²) in [7, 11) is -2.42. The van der Waals surface area contributed by atoms with Crippen LogP contribution in [-0.2, 0) is 19.5 Å². The molecule has 1 heterocycles. The van der Waals surface area contributed by atoms with Crippen molar-refractivity contribution < 1.29 is 27.1 Å². The summed E-state index contributed by atoms with van der Waals surface area (Å²) in [5.41, 5.74) is 0.820. The average Bonchev–Trinajstić information content (AvgIpc) is 3.11. The zero-order chi connectivity index (χ0) is 22.9. The third-order valence-electron chi connectivity index (χ3n) is 4.95. The second-order valence-electron chi connectivity index (χ2n) is 7.07. The Balaban J connectivity index is 1.90. The van der Waals surface area contributed by atoms with Crippen molar-refractivity contribution in [3.8, 4) is 0 Å². The van der Waals surface area contributed by atoms with E-state index in [-0.39, 0.29) is 29.4 Å². The maximum absolute atomic E-state index is 13.1. The number of rotatable bonds is 7. The number of aryl methyl sites for hydroxylation is 1. The zero-order valence-corrected chi connectivity index (χ0v) is 19.7. The Labute approximate surface area is 193 Å². The summed E-state index contributed by atoms with van der Waals surface area (Å²) in [6.45, 7) is 1.95. The third-order valence-corrected chi connectivity index (χ3v) is 6.86. The fourth-order valence-corrected chi connectivity index (χ4v) is 4.81. The van der Waals surface area contributed by atoms with Gasteiger partial charge < -0.3 is 13.9 Å². The largest absolute Gasteiger partial charge is 0.460 e. The molecule has 0 amide bonds. The lowest BCUT2D eigenvalue weighted by Gasteiger charge is -2.12. The van der Waals surface area contributed by atoms with Gasteiger partial charge in [-0.2, -0.15) is 0 Å². The lowest BCUT2D eigenvalue weighted by molar-refractivity contribution is 0.0388. The van der Waals surface area contributed by atoms with Gasteiger partial charge in [0.05, 0.1) is 22.6 Å². The molecular formula is C23H20BrNO6S. The summed E-state index contributed by atoms with van der Waals surface area (Å²) in [5.74, 6) is -0.277. The van der Waals surface area contributed by atoms with Crippen molar-refractivity contribution in [3.63, 3.8) is 0 Å². The second-order valence-corrected chi connectivity index (χ2v) is 9.67. The Bertz CT molecular complexity index is 1410. The molecule has 0 saturated heterocycles. The molecule has 0 spiro atoms. The number of anilines is 1. The van der Waals surface area contributed by atoms with Crippen molar-refractivity contribution >= 4 is 59.4 Å². The van der Waals surface area contributed by atoms with Crippen LogP contribution in [0.4, 0.5) is 5.69 Å². The number of fused-ring (bicyclic) bond motifs is 3. The minimum absolute atomic E-state index is 0.0645. The molecule has 0 aliphatic rings. The summed E-state index contributed by atoms with van der Waals surface area (Å²) in [6, 6.07) is 15.4. The number of methoxy groups -OCH3 is 1. The molecule has 1 aromatic heterocycles. The standard InChI is InChI=1S/C23H20BrNO6S/c1-14-20(23(26)30-12-11-29-2)21-19(13-15-5-3-4-6-18(15)22(21)31-14)25-32(27,28)17-9-7-16(24)8-10-17/h3-10,13,25H,11-12H2,1-2H3. The van der Waals surface area contributed by atoms with Crippen LogP contribution in [-0.4, -0.2) is 34.7 Å². The second kappa shape index (κ2) is 8.93. The minimum Gasteiger partial charge on any atom is -0.460 e. The van der Waals surface area contributed by atoms with Crippen LogP contribution < -0.4 is 4.72 Å². The lowest BCUT2D eigenvalue weighted by Crippen LogP contribution is -2.14. The normalized spacial score (nSPS) is 11.7. The van der Waals surface area contributed by atoms with E-state index in [0.717, 1.165) is 15.2 Å². The first-order valence-electron chi connectivity index (χ1n) is 9.71. The fourth-order valence-electron chi connectivity index (χ4n) is 3.48. The van der Waals surface area contributed by atoms with Crippen LogP contribution in [0.25, 0.3) is 21.7 Å². The van der Waals surface area contributed by atoms with Gasteiger partial charge in [0, 0.05) is 17.0 Å². The molecular weight excluding hydrogens is 498 g/mol. The van der Waals surface area contributed by atoms with Gasteiger partial charge in [-0.05, 0) is 42.6 Å². The molecule has 32 heavy (non-hydrogen) atoms. The Morgan fingerprint density at radius 3 is 2.53 bits per heavy atom. The van der Waals surface area contributed by atoms with Crippen LogP contribution in [0.15, 0.2) is 68.4 Å². The number of nitrogens with one attached hydrogen (secondary N) is 1. The summed E-state index contributed by atoms with van der Waals surface area (Å²) >= 11 is 3.30. The third kappa shape index (κ3) is 4.23. The minimum atomic E-state index is -3.93. The smallest absolute Gasteiger partial charge is 0.342 e. The molecule has 166 valence electrons. The molecule has 1 N–H and O–H groups in total. The monoisotopic (exact) mass is 517 g/mol. The molecule has 0 saturated carbocycles. The van der Waals surface area contributed by atoms with E-state index in [1.54, 1.807) is 25.1 Å². The quantitative estimate of drug-likeness (QED) is 0.265. The van der Waals surface area contributed by atoms with Crippen molar-refractivity contribution in [2.75, 3.05) is 25.0 Å². The molecule has 0 radical (unpaired) electrons. The van der Waals surface area contributed by atoms with Crippen molar-refractivity contribution in [1.29, 1.82) is 0 Å². The molecule has 4 rings (SSSR count). The molecule has 7 nitrogen and oxygen atoms in total. The molecule has 0 fully saturated rings. The molecule has 0 aliphatic heterocycles. The van der Waals surface area contributed by atoms with Gasteiger partial charge in [0.25, 0.3) is 10.0 Å². The van der Waals surface area contributed by atoms with Crippen LogP contribution in [0, 0.1) is 6.92 Å². The van der Waals surface area contributed by atoms with E-state index in [0.29, 0.717) is 16.7 Å². The molecule has 0 aliphatic carbocycles. The van der Waals surface area contributed by atoms with Crippen molar-refractivity contribution in [3.05, 3.63) is 70.4 Å². The Morgan fingerprint density at radius 2 is 1.81 bits per heavy atom. The van der Waals surface area contributed by atoms with Crippen LogP contribution in [0.3, 0.4) is 0 Å². The van der Waals surface area contributed by atoms with Crippen LogP contribution in [0.5, 0.6) is 0 Å². The summed E-state index contributed by atoms with van der Waals surface area (Å²) in [6.07, 6.45) is 0. The van der Waals surface area contributed by atoms with E-state index in [9.17, 15) is 13.2 Å². The number of sulfonamides is 1. The number of carbonyl (C=O) groups is 1. The number of benzene rings is 3. The highest BCUT2D eigenvalue weighted by Crippen LogP contribution is 2.39. The summed E-state index contributed by atoms with van der Waals surface area (Å²) in [4.78, 5) is 12.9. The zero-order valence-electron chi connectivity index (χ0n) is 17.3. The highest BCUT2D eigenvalue weighted by Gasteiger charge is 2.26. The Morgan fingerprint density at radius 1 is 1.09 bits per heavy atom. The van der Waals surface area contributed by atoms with E-state index in [1.807, 2.05) is 24.3 Å². The van der Waals surface area contributed by atoms with E-state index in [1.165, 1.54) is 19.2 Å². The van der Waals surface area contributed by atoms with Gasteiger partial charge >= 0.3 is 5.97 Å². The number of hydrogen-bond acceptors (Lipinski definition) is 6. The number of ether oxygens (including phenoxy) is 2. The van der Waals surface area contributed by atoms with Crippen LogP contribution in [0.1, 0.15) is 16.1 Å². The van der Waals surface area contributed by atoms with Gasteiger partial charge in [-0.1, -0.05) is 40.2 Å². The number of furan rings is 1. The van der Waals surface area contributed by atoms with E-state index >= 15 is 0 Å². The van der Waals surface area contributed by atoms with E-state index in [4.69, 9.17) is 13.9 Å². The predicted octanol–water partition coefficient (Wildman–Crippen LogP) is 5.26. The highest BCUT2D eigenvalue weighted by atomic mass is 79.9. The summed E-state index contributed by atoms with van der Waals surface area (Å²) < 4.78 is 45.8. The summed E-state index contributed by atoms with van der Waals surface area (Å²) in [5, 5.41) is 1.87. The van der Waals surface area contributed by atoms with Gasteiger partial charge in [0.2, 0.25) is 0 Å². The number of halogens is 1. The predicted molar refractivity (Wildman–Crippen MR) is 126 cm³/mol. The van der Waals surface area contributed by atoms with Gasteiger partial charge in [-0.15, -0.1) is 0 Å². The lowest BCUT2D eigenvalue weighted by atomic mass is 10.0. The van der Waals surface area contributed by atoms with Crippen LogP contribution >= 0.6 is 15.9 Å². The first kappa shape index (κ1) is 22.3. The first-order valence-corrected chi connectivity index (χ1v) is 12.0. The maximum atomic E-state index is 13.1. The van der Waals surface area contributed by atoms with Crippen molar-refractivity contribution in [2.24, 2.45) is 0 Å². The SMILES string of the molecule is COCCOC(=O)c1c(C)oc2c1c(NS(=O)(=O)c1ccc(Br)cc1)cc1ccccc12. The number of esters is 1. The Hall–Kier alpha value is -2.88. The molecule has 3 aromatic carbocycles. The number of hydrogen-bond donors (Lipinski definition) is 1. The molecule has 4 aromatic rings. The van der Waals surface area contributed by atoms with Crippen molar-refractivity contribution in [2.45, 2.75) is 11.8 Å². The van der Waals surface area contributed by atoms with E-state index in [2.05, 4.69) is 20.7 Å². The van der Waals surface area contributed by atoms with E-state index < -0.39 is 16.0 Å². The van der Waals surface area contributed by atoms with Gasteiger partial charge in [-0.3, -0.25) is 4.72 Å². The topological polar surface area (TPSA) is 94.8 Å². The Kier molecular flexibility index (Phi) is 6.23. The van der Waals surface area contributed by atoms with Gasteiger partial charge in [-0.25, -0.2) is 13.2 Å². The van der Waals surface area contributed by atoms with Gasteiger partial charge in [0.1, 0.15) is 23.5 Å². The molecule has 9 heteroatoms. The first-order chi connectivity index (χ1) is 15.3. The van der Waals surface area contributed by atoms with Crippen molar-refractivity contribution in [1.82, 2.24) is 0 Å². The fraction of sp³-hybridized carbons (Fsp3) is 0.174. The average molecular weight is 518 g/mol. The highest BCUT2D eigenvalue weighted by molar-refractivity contribution is 9.10. The maximum Gasteiger partial charge on any atom is 0.342 e. The van der Waals surface area contributed by atoms with Gasteiger partial charge in [0.15, 0.2) is 0 Å².